The minimum Gasteiger partial charge on any atom is -0.258 e. The lowest BCUT2D eigenvalue weighted by Crippen LogP contribution is -1.91. The third kappa shape index (κ3) is 2.76. The first kappa shape index (κ1) is 10.0. The number of non-ortho nitro benzene ring substituents is 1. The summed E-state index contributed by atoms with van der Waals surface area (Å²) in [4.78, 5) is 12.5. The van der Waals surface area contributed by atoms with Gasteiger partial charge in [0, 0.05) is 23.6 Å². The number of benzene rings is 1. The topological polar surface area (TPSA) is 91.9 Å². The Morgan fingerprint density at radius 1 is 1.43 bits per heavy atom. The van der Waals surface area contributed by atoms with Gasteiger partial charge in [-0.15, -0.1) is 0 Å². The van der Waals surface area contributed by atoms with Crippen molar-refractivity contribution in [2.75, 3.05) is 6.54 Å². The average molecular weight is 192 g/mol. The fraction of sp³-hybridized carbons (Fsp3) is 0.250. The van der Waals surface area contributed by atoms with E-state index in [-0.39, 0.29) is 5.69 Å². The third-order valence-corrected chi connectivity index (χ3v) is 1.71. The van der Waals surface area contributed by atoms with E-state index < -0.39 is 4.92 Å². The van der Waals surface area contributed by atoms with E-state index in [2.05, 4.69) is 10.0 Å². The Labute approximate surface area is 79.9 Å². The highest BCUT2D eigenvalue weighted by molar-refractivity contribution is 5.32. The summed E-state index contributed by atoms with van der Waals surface area (Å²) < 4.78 is 0. The summed E-state index contributed by atoms with van der Waals surface area (Å²) in [6.07, 6.45) is 0.599. The van der Waals surface area contributed by atoms with Gasteiger partial charge in [0.05, 0.1) is 4.92 Å². The summed E-state index contributed by atoms with van der Waals surface area (Å²) in [6, 6.07) is 6.19. The SMILES string of the molecule is [N-]=[N+]=NCCc1ccc([N+](=O)[O-])cc1. The van der Waals surface area contributed by atoms with E-state index in [1.54, 1.807) is 12.1 Å². The molecule has 1 rings (SSSR count). The highest BCUT2D eigenvalue weighted by Gasteiger charge is 2.02. The van der Waals surface area contributed by atoms with E-state index >= 15 is 0 Å². The molecule has 0 amide bonds. The van der Waals surface area contributed by atoms with Crippen molar-refractivity contribution in [3.8, 4) is 0 Å². The van der Waals surface area contributed by atoms with Crippen LogP contribution >= 0.6 is 0 Å². The number of rotatable bonds is 4. The van der Waals surface area contributed by atoms with Gasteiger partial charge in [0.15, 0.2) is 0 Å². The molecule has 1 aromatic carbocycles. The van der Waals surface area contributed by atoms with Gasteiger partial charge < -0.3 is 0 Å². The molecule has 0 atom stereocenters. The Morgan fingerprint density at radius 2 is 2.07 bits per heavy atom. The first-order valence-electron chi connectivity index (χ1n) is 3.98. The molecule has 0 bridgehead atoms. The third-order valence-electron chi connectivity index (χ3n) is 1.71. The van der Waals surface area contributed by atoms with Gasteiger partial charge in [0.25, 0.3) is 5.69 Å². The number of nitrogens with zero attached hydrogens (tertiary/aromatic N) is 4. The summed E-state index contributed by atoms with van der Waals surface area (Å²) in [7, 11) is 0. The van der Waals surface area contributed by atoms with Gasteiger partial charge in [-0.25, -0.2) is 0 Å². The number of hydrogen-bond donors (Lipinski definition) is 0. The Balaban J connectivity index is 2.64. The van der Waals surface area contributed by atoms with Crippen molar-refractivity contribution in [1.29, 1.82) is 0 Å². The van der Waals surface area contributed by atoms with Crippen LogP contribution in [0.2, 0.25) is 0 Å². The number of hydrogen-bond acceptors (Lipinski definition) is 3. The largest absolute Gasteiger partial charge is 0.269 e. The Bertz CT molecular complexity index is 367. The van der Waals surface area contributed by atoms with E-state index in [0.29, 0.717) is 13.0 Å². The first-order valence-corrected chi connectivity index (χ1v) is 3.98. The molecule has 0 unspecified atom stereocenters. The van der Waals surface area contributed by atoms with Crippen molar-refractivity contribution in [3.05, 3.63) is 50.4 Å². The van der Waals surface area contributed by atoms with Crippen LogP contribution in [0, 0.1) is 10.1 Å². The predicted molar refractivity (Wildman–Crippen MR) is 50.8 cm³/mol. The molecule has 0 aliphatic heterocycles. The van der Waals surface area contributed by atoms with Crippen molar-refractivity contribution >= 4 is 5.69 Å². The van der Waals surface area contributed by atoms with Gasteiger partial charge in [-0.2, -0.15) is 0 Å². The fourth-order valence-corrected chi connectivity index (χ4v) is 1.01. The minimum atomic E-state index is -0.447. The quantitative estimate of drug-likeness (QED) is 0.241. The molecule has 0 saturated heterocycles. The Morgan fingerprint density at radius 3 is 2.57 bits per heavy atom. The molecule has 0 spiro atoms. The smallest absolute Gasteiger partial charge is 0.258 e. The fourth-order valence-electron chi connectivity index (χ4n) is 1.01. The second kappa shape index (κ2) is 4.84. The molecule has 0 aliphatic rings. The van der Waals surface area contributed by atoms with Crippen LogP contribution in [0.1, 0.15) is 5.56 Å². The summed E-state index contributed by atoms with van der Waals surface area (Å²) in [5.41, 5.74) is 9.02. The molecule has 0 radical (unpaired) electrons. The maximum atomic E-state index is 10.3. The molecular formula is C8H8N4O2. The Hall–Kier alpha value is -2.07. The van der Waals surface area contributed by atoms with Gasteiger partial charge in [0.1, 0.15) is 0 Å². The lowest BCUT2D eigenvalue weighted by molar-refractivity contribution is -0.384. The zero-order valence-electron chi connectivity index (χ0n) is 7.33. The molecule has 0 heterocycles. The van der Waals surface area contributed by atoms with E-state index in [0.717, 1.165) is 5.56 Å². The van der Waals surface area contributed by atoms with Crippen LogP contribution in [0.25, 0.3) is 10.4 Å². The van der Waals surface area contributed by atoms with Crippen LogP contribution in [0.3, 0.4) is 0 Å². The van der Waals surface area contributed by atoms with Crippen molar-refractivity contribution in [3.63, 3.8) is 0 Å². The highest BCUT2D eigenvalue weighted by atomic mass is 16.6. The molecule has 1 aromatic rings. The Kier molecular flexibility index (Phi) is 3.46. The lowest BCUT2D eigenvalue weighted by Gasteiger charge is -1.96. The molecule has 0 aliphatic carbocycles. The van der Waals surface area contributed by atoms with Crippen molar-refractivity contribution in [2.45, 2.75) is 6.42 Å². The van der Waals surface area contributed by atoms with Gasteiger partial charge >= 0.3 is 0 Å². The van der Waals surface area contributed by atoms with Gasteiger partial charge in [0.2, 0.25) is 0 Å². The van der Waals surface area contributed by atoms with E-state index in [4.69, 9.17) is 5.53 Å². The molecule has 0 fully saturated rings. The van der Waals surface area contributed by atoms with E-state index in [1.807, 2.05) is 0 Å². The van der Waals surface area contributed by atoms with Crippen molar-refractivity contribution < 1.29 is 4.92 Å². The van der Waals surface area contributed by atoms with Crippen LogP contribution in [0.5, 0.6) is 0 Å². The zero-order valence-corrected chi connectivity index (χ0v) is 7.33. The molecule has 72 valence electrons. The van der Waals surface area contributed by atoms with Gasteiger partial charge in [-0.05, 0) is 17.5 Å². The van der Waals surface area contributed by atoms with Crippen LogP contribution in [0.4, 0.5) is 5.69 Å². The van der Waals surface area contributed by atoms with Gasteiger partial charge in [-0.1, -0.05) is 17.2 Å². The lowest BCUT2D eigenvalue weighted by atomic mass is 10.1. The summed E-state index contributed by atoms with van der Waals surface area (Å²) in [5, 5.41) is 13.7. The molecule has 6 nitrogen and oxygen atoms in total. The molecule has 0 saturated carbocycles. The first-order chi connectivity index (χ1) is 6.74. The monoisotopic (exact) mass is 192 g/mol. The zero-order chi connectivity index (χ0) is 10.4. The maximum Gasteiger partial charge on any atom is 0.269 e. The van der Waals surface area contributed by atoms with Crippen LogP contribution in [0.15, 0.2) is 29.4 Å². The number of nitro benzene ring substituents is 1. The molecule has 0 aromatic heterocycles. The maximum absolute atomic E-state index is 10.3. The van der Waals surface area contributed by atoms with E-state index in [9.17, 15) is 10.1 Å². The van der Waals surface area contributed by atoms with Crippen molar-refractivity contribution in [1.82, 2.24) is 0 Å². The molecule has 0 N–H and O–H groups in total. The number of nitro groups is 1. The standard InChI is InChI=1S/C8H8N4O2/c9-11-10-6-5-7-1-3-8(4-2-7)12(13)14/h1-4H,5-6H2. The van der Waals surface area contributed by atoms with Gasteiger partial charge in [-0.3, -0.25) is 10.1 Å². The number of azide groups is 1. The second-order valence-corrected chi connectivity index (χ2v) is 2.63. The summed E-state index contributed by atoms with van der Waals surface area (Å²) >= 11 is 0. The molecule has 14 heavy (non-hydrogen) atoms. The average Bonchev–Trinajstić information content (AvgIpc) is 2.19. The van der Waals surface area contributed by atoms with Crippen LogP contribution in [-0.4, -0.2) is 11.5 Å². The molecule has 6 heteroatoms. The normalized spacial score (nSPS) is 9.14. The highest BCUT2D eigenvalue weighted by Crippen LogP contribution is 2.12. The van der Waals surface area contributed by atoms with E-state index in [1.165, 1.54) is 12.1 Å². The summed E-state index contributed by atoms with van der Waals surface area (Å²) in [6.45, 7) is 0.369. The van der Waals surface area contributed by atoms with Crippen molar-refractivity contribution in [2.24, 2.45) is 5.11 Å². The predicted octanol–water partition coefficient (Wildman–Crippen LogP) is 2.45. The second-order valence-electron chi connectivity index (χ2n) is 2.63. The summed E-state index contributed by atoms with van der Waals surface area (Å²) in [5.74, 6) is 0. The van der Waals surface area contributed by atoms with Crippen LogP contribution in [-0.2, 0) is 6.42 Å². The van der Waals surface area contributed by atoms with Crippen LogP contribution < -0.4 is 0 Å². The molecular weight excluding hydrogens is 184 g/mol. The minimum absolute atomic E-state index is 0.0672.